The summed E-state index contributed by atoms with van der Waals surface area (Å²) in [4.78, 5) is 4.44. The van der Waals surface area contributed by atoms with Crippen molar-refractivity contribution >= 4 is 28.4 Å². The van der Waals surface area contributed by atoms with Crippen LogP contribution in [-0.4, -0.2) is 36.8 Å². The summed E-state index contributed by atoms with van der Waals surface area (Å²) in [6.07, 6.45) is 5.08. The number of fused-ring (bicyclic) bond motifs is 2. The van der Waals surface area contributed by atoms with Crippen molar-refractivity contribution in [1.29, 1.82) is 0 Å². The maximum atomic E-state index is 5.65. The lowest BCUT2D eigenvalue weighted by Gasteiger charge is -2.19. The van der Waals surface area contributed by atoms with E-state index >= 15 is 0 Å². The molecule has 1 aliphatic rings. The first-order chi connectivity index (χ1) is 9.88. The van der Waals surface area contributed by atoms with Gasteiger partial charge >= 0.3 is 0 Å². The van der Waals surface area contributed by atoms with Gasteiger partial charge in [-0.15, -0.1) is 0 Å². The molecule has 3 rings (SSSR count). The number of nitrogens with one attached hydrogen (secondary N) is 1. The second-order valence-electron chi connectivity index (χ2n) is 4.65. The molecular weight excluding hydrogens is 272 g/mol. The second kappa shape index (κ2) is 6.22. The summed E-state index contributed by atoms with van der Waals surface area (Å²) in [6.45, 7) is 2.15. The van der Waals surface area contributed by atoms with E-state index in [4.69, 9.17) is 9.47 Å². The highest BCUT2D eigenvalue weighted by Crippen LogP contribution is 2.36. The zero-order valence-electron chi connectivity index (χ0n) is 11.5. The molecule has 1 aromatic carbocycles. The van der Waals surface area contributed by atoms with Crippen LogP contribution in [0.2, 0.25) is 0 Å². The molecule has 0 atom stereocenters. The smallest absolute Gasteiger partial charge is 0.162 e. The van der Waals surface area contributed by atoms with E-state index in [1.807, 2.05) is 36.2 Å². The lowest BCUT2D eigenvalue weighted by molar-refractivity contribution is 0.172. The Kier molecular flexibility index (Phi) is 4.16. The van der Waals surface area contributed by atoms with Crippen LogP contribution in [0.5, 0.6) is 11.5 Å². The molecule has 1 N–H and O–H groups in total. The Morgan fingerprint density at radius 1 is 1.25 bits per heavy atom. The number of thioether (sulfide) groups is 1. The molecule has 0 saturated carbocycles. The molecule has 0 spiro atoms. The molecule has 0 fully saturated rings. The summed E-state index contributed by atoms with van der Waals surface area (Å²) in [5.41, 5.74) is 0. The molecule has 0 unspecified atom stereocenters. The minimum Gasteiger partial charge on any atom is -0.486 e. The molecule has 1 aromatic heterocycles. The molecular formula is C15H18N2O2S. The highest BCUT2D eigenvalue weighted by Gasteiger charge is 2.14. The Bertz CT molecular complexity index is 604. The quantitative estimate of drug-likeness (QED) is 0.857. The SMILES string of the molecule is CSCCCNc1nccc2cc3c(cc12)OCCO3. The highest BCUT2D eigenvalue weighted by molar-refractivity contribution is 7.98. The maximum absolute atomic E-state index is 5.65. The van der Waals surface area contributed by atoms with Crippen molar-refractivity contribution in [2.45, 2.75) is 6.42 Å². The van der Waals surface area contributed by atoms with Crippen LogP contribution in [0, 0.1) is 0 Å². The highest BCUT2D eigenvalue weighted by atomic mass is 32.2. The number of rotatable bonds is 5. The van der Waals surface area contributed by atoms with Crippen LogP contribution in [0.1, 0.15) is 6.42 Å². The van der Waals surface area contributed by atoms with E-state index < -0.39 is 0 Å². The Balaban J connectivity index is 1.88. The van der Waals surface area contributed by atoms with E-state index in [0.717, 1.165) is 46.8 Å². The normalized spacial score (nSPS) is 13.4. The lowest BCUT2D eigenvalue weighted by Crippen LogP contribution is -2.15. The van der Waals surface area contributed by atoms with Crippen LogP contribution in [0.4, 0.5) is 5.82 Å². The number of anilines is 1. The second-order valence-corrected chi connectivity index (χ2v) is 5.64. The van der Waals surface area contributed by atoms with Gasteiger partial charge in [0.1, 0.15) is 19.0 Å². The third-order valence-corrected chi connectivity index (χ3v) is 3.94. The predicted octanol–water partition coefficient (Wildman–Crippen LogP) is 3.17. The molecule has 0 amide bonds. The molecule has 0 aliphatic carbocycles. The summed E-state index contributed by atoms with van der Waals surface area (Å²) in [5, 5.41) is 5.61. The molecule has 0 saturated heterocycles. The van der Waals surface area contributed by atoms with Crippen molar-refractivity contribution in [2.75, 3.05) is 37.1 Å². The van der Waals surface area contributed by atoms with Crippen LogP contribution in [0.3, 0.4) is 0 Å². The van der Waals surface area contributed by atoms with E-state index in [0.29, 0.717) is 13.2 Å². The predicted molar refractivity (Wildman–Crippen MR) is 84.2 cm³/mol. The first-order valence-electron chi connectivity index (χ1n) is 6.79. The number of aromatic nitrogens is 1. The standard InChI is InChI=1S/C15H18N2O2S/c1-20-8-2-4-16-15-12-10-14-13(18-6-7-19-14)9-11(12)3-5-17-15/h3,5,9-10H,2,4,6-8H2,1H3,(H,16,17). The van der Waals surface area contributed by atoms with Gasteiger partial charge in [-0.25, -0.2) is 4.98 Å². The van der Waals surface area contributed by atoms with Crippen molar-refractivity contribution < 1.29 is 9.47 Å². The molecule has 4 nitrogen and oxygen atoms in total. The van der Waals surface area contributed by atoms with Crippen molar-refractivity contribution in [3.8, 4) is 11.5 Å². The van der Waals surface area contributed by atoms with E-state index in [1.54, 1.807) is 0 Å². The van der Waals surface area contributed by atoms with Crippen molar-refractivity contribution in [1.82, 2.24) is 4.98 Å². The summed E-state index contributed by atoms with van der Waals surface area (Å²) in [5.74, 6) is 3.71. The van der Waals surface area contributed by atoms with E-state index in [1.165, 1.54) is 0 Å². The van der Waals surface area contributed by atoms with Crippen molar-refractivity contribution in [2.24, 2.45) is 0 Å². The monoisotopic (exact) mass is 290 g/mol. The topological polar surface area (TPSA) is 43.4 Å². The van der Waals surface area contributed by atoms with Gasteiger partial charge in [-0.2, -0.15) is 11.8 Å². The first kappa shape index (κ1) is 13.4. The third-order valence-electron chi connectivity index (χ3n) is 3.24. The number of ether oxygens (including phenoxy) is 2. The fourth-order valence-corrected chi connectivity index (χ4v) is 2.71. The Hall–Kier alpha value is -1.62. The van der Waals surface area contributed by atoms with Gasteiger partial charge in [0.25, 0.3) is 0 Å². The largest absolute Gasteiger partial charge is 0.486 e. The fraction of sp³-hybridized carbons (Fsp3) is 0.400. The van der Waals surface area contributed by atoms with Gasteiger partial charge in [-0.05, 0) is 42.0 Å². The maximum Gasteiger partial charge on any atom is 0.162 e. The lowest BCUT2D eigenvalue weighted by atomic mass is 10.1. The zero-order valence-corrected chi connectivity index (χ0v) is 12.3. The molecule has 2 heterocycles. The molecule has 2 aromatic rings. The average molecular weight is 290 g/mol. The Morgan fingerprint density at radius 2 is 2.05 bits per heavy atom. The summed E-state index contributed by atoms with van der Waals surface area (Å²) < 4.78 is 11.3. The fourth-order valence-electron chi connectivity index (χ4n) is 2.27. The van der Waals surface area contributed by atoms with E-state index in [-0.39, 0.29) is 0 Å². The van der Waals surface area contributed by atoms with Gasteiger partial charge in [0, 0.05) is 18.1 Å². The molecule has 0 bridgehead atoms. The van der Waals surface area contributed by atoms with Gasteiger partial charge < -0.3 is 14.8 Å². The van der Waals surface area contributed by atoms with Crippen LogP contribution >= 0.6 is 11.8 Å². The van der Waals surface area contributed by atoms with Crippen LogP contribution in [0.25, 0.3) is 10.8 Å². The average Bonchev–Trinajstić information content (AvgIpc) is 2.50. The van der Waals surface area contributed by atoms with Gasteiger partial charge in [0.05, 0.1) is 0 Å². The Labute approximate surface area is 122 Å². The zero-order chi connectivity index (χ0) is 13.8. The number of hydrogen-bond donors (Lipinski definition) is 1. The minimum absolute atomic E-state index is 0.606. The first-order valence-corrected chi connectivity index (χ1v) is 8.19. The number of hydrogen-bond acceptors (Lipinski definition) is 5. The van der Waals surface area contributed by atoms with E-state index in [9.17, 15) is 0 Å². The summed E-state index contributed by atoms with van der Waals surface area (Å²) in [6, 6.07) is 6.05. The number of benzene rings is 1. The molecule has 106 valence electrons. The van der Waals surface area contributed by atoms with Gasteiger partial charge in [-0.1, -0.05) is 0 Å². The number of pyridine rings is 1. The third kappa shape index (κ3) is 2.77. The van der Waals surface area contributed by atoms with Crippen LogP contribution in [-0.2, 0) is 0 Å². The van der Waals surface area contributed by atoms with Gasteiger partial charge in [0.15, 0.2) is 11.5 Å². The Morgan fingerprint density at radius 3 is 2.85 bits per heavy atom. The van der Waals surface area contributed by atoms with Gasteiger partial charge in [0.2, 0.25) is 0 Å². The van der Waals surface area contributed by atoms with Crippen LogP contribution in [0.15, 0.2) is 24.4 Å². The summed E-state index contributed by atoms with van der Waals surface area (Å²) >= 11 is 1.86. The molecule has 20 heavy (non-hydrogen) atoms. The molecule has 1 aliphatic heterocycles. The van der Waals surface area contributed by atoms with Crippen LogP contribution < -0.4 is 14.8 Å². The molecule has 0 radical (unpaired) electrons. The molecule has 5 heteroatoms. The van der Waals surface area contributed by atoms with E-state index in [2.05, 4.69) is 16.6 Å². The van der Waals surface area contributed by atoms with Crippen molar-refractivity contribution in [3.63, 3.8) is 0 Å². The van der Waals surface area contributed by atoms with Crippen molar-refractivity contribution in [3.05, 3.63) is 24.4 Å². The summed E-state index contributed by atoms with van der Waals surface area (Å²) in [7, 11) is 0. The van der Waals surface area contributed by atoms with Gasteiger partial charge in [-0.3, -0.25) is 0 Å². The minimum atomic E-state index is 0.606. The number of nitrogens with zero attached hydrogens (tertiary/aromatic N) is 1.